The maximum atomic E-state index is 13.2. The van der Waals surface area contributed by atoms with Gasteiger partial charge in [-0.3, -0.25) is 14.3 Å². The molecule has 3 rings (SSSR count). The average molecular weight is 614 g/mol. The number of nitrogens with two attached hydrogens (primary N) is 1. The molecule has 0 saturated heterocycles. The topological polar surface area (TPSA) is 132 Å². The smallest absolute Gasteiger partial charge is 0.237 e. The van der Waals surface area contributed by atoms with Gasteiger partial charge in [0.25, 0.3) is 0 Å². The van der Waals surface area contributed by atoms with Crippen LogP contribution in [-0.4, -0.2) is 65.2 Å². The minimum atomic E-state index is -0.883. The molecule has 1 aliphatic rings. The summed E-state index contributed by atoms with van der Waals surface area (Å²) in [5, 5.41) is 23.8. The lowest BCUT2D eigenvalue weighted by molar-refractivity contribution is -0.128. The number of methoxy groups -OCH3 is 1. The molecule has 5 atom stereocenters. The number of aliphatic hydroxyl groups excluding tert-OH is 1. The highest BCUT2D eigenvalue weighted by Gasteiger charge is 2.34. The molecule has 1 aromatic carbocycles. The molecular formula is C35H59N5O4. The van der Waals surface area contributed by atoms with Crippen LogP contribution in [0.3, 0.4) is 0 Å². The van der Waals surface area contributed by atoms with Crippen LogP contribution in [0.1, 0.15) is 84.9 Å². The zero-order chi connectivity index (χ0) is 32.6. The predicted molar refractivity (Wildman–Crippen MR) is 177 cm³/mol. The highest BCUT2D eigenvalue weighted by atomic mass is 16.5. The lowest BCUT2D eigenvalue weighted by Gasteiger charge is -2.33. The zero-order valence-electron chi connectivity index (χ0n) is 28.4. The number of carbonyl (C=O) groups excluding carboxylic acids is 2. The minimum Gasteiger partial charge on any atom is -0.391 e. The molecule has 1 aromatic heterocycles. The van der Waals surface area contributed by atoms with Gasteiger partial charge in [0, 0.05) is 38.6 Å². The Hall–Kier alpha value is -2.49. The Balaban J connectivity index is 1.82. The summed E-state index contributed by atoms with van der Waals surface area (Å²) in [7, 11) is 3.70. The Morgan fingerprint density at radius 3 is 2.36 bits per heavy atom. The molecule has 1 fully saturated rings. The Morgan fingerprint density at radius 1 is 1.07 bits per heavy atom. The Morgan fingerprint density at radius 2 is 1.77 bits per heavy atom. The number of benzene rings is 1. The van der Waals surface area contributed by atoms with Gasteiger partial charge in [0.1, 0.15) is 0 Å². The number of aromatic nitrogens is 2. The van der Waals surface area contributed by atoms with Crippen LogP contribution in [0.15, 0.2) is 18.2 Å². The molecule has 0 spiro atoms. The summed E-state index contributed by atoms with van der Waals surface area (Å²) in [5.74, 6) is 0.471. The molecule has 248 valence electrons. The van der Waals surface area contributed by atoms with Gasteiger partial charge in [0.15, 0.2) is 0 Å². The molecular weight excluding hydrogens is 554 g/mol. The number of aryl methyl sites for hydroxylation is 2. The fourth-order valence-electron chi connectivity index (χ4n) is 6.00. The molecule has 0 bridgehead atoms. The molecule has 0 radical (unpaired) electrons. The van der Waals surface area contributed by atoms with Crippen molar-refractivity contribution in [1.29, 1.82) is 0 Å². The number of carbonyl (C=O) groups is 2. The summed E-state index contributed by atoms with van der Waals surface area (Å²) in [6.45, 7) is 13.7. The predicted octanol–water partition coefficient (Wildman–Crippen LogP) is 4.37. The summed E-state index contributed by atoms with van der Waals surface area (Å²) >= 11 is 0. The van der Waals surface area contributed by atoms with Crippen molar-refractivity contribution >= 4 is 22.7 Å². The quantitative estimate of drug-likeness (QED) is 0.174. The first-order valence-corrected chi connectivity index (χ1v) is 16.8. The zero-order valence-corrected chi connectivity index (χ0v) is 28.4. The van der Waals surface area contributed by atoms with Crippen molar-refractivity contribution in [3.63, 3.8) is 0 Å². The van der Waals surface area contributed by atoms with E-state index in [1.165, 1.54) is 18.4 Å². The third kappa shape index (κ3) is 10.3. The molecule has 0 unspecified atom stereocenters. The highest BCUT2D eigenvalue weighted by Crippen LogP contribution is 2.30. The van der Waals surface area contributed by atoms with Gasteiger partial charge in [-0.25, -0.2) is 0 Å². The number of nitrogens with one attached hydrogen (secondary N) is 2. The minimum absolute atomic E-state index is 0.0126. The van der Waals surface area contributed by atoms with E-state index in [9.17, 15) is 14.7 Å². The van der Waals surface area contributed by atoms with E-state index in [-0.39, 0.29) is 41.9 Å². The molecule has 0 aliphatic heterocycles. The molecule has 1 aliphatic carbocycles. The first-order chi connectivity index (χ1) is 20.8. The third-order valence-electron chi connectivity index (χ3n) is 9.46. The van der Waals surface area contributed by atoms with Crippen molar-refractivity contribution in [3.8, 4) is 0 Å². The summed E-state index contributed by atoms with van der Waals surface area (Å²) < 4.78 is 7.19. The molecule has 2 amide bonds. The first kappa shape index (κ1) is 36.0. The number of rotatable bonds is 19. The summed E-state index contributed by atoms with van der Waals surface area (Å²) in [5.41, 5.74) is 9.61. The van der Waals surface area contributed by atoms with Gasteiger partial charge in [-0.2, -0.15) is 5.10 Å². The van der Waals surface area contributed by atoms with Crippen molar-refractivity contribution in [2.45, 2.75) is 105 Å². The fraction of sp³-hybridized carbons (Fsp3) is 0.743. The van der Waals surface area contributed by atoms with Crippen LogP contribution in [0.2, 0.25) is 0 Å². The Bertz CT molecular complexity index is 1210. The summed E-state index contributed by atoms with van der Waals surface area (Å²) in [6, 6.07) is 5.35. The van der Waals surface area contributed by atoms with E-state index in [0.717, 1.165) is 35.9 Å². The van der Waals surface area contributed by atoms with Gasteiger partial charge >= 0.3 is 0 Å². The van der Waals surface area contributed by atoms with Gasteiger partial charge in [0.2, 0.25) is 11.8 Å². The van der Waals surface area contributed by atoms with Gasteiger partial charge in [-0.1, -0.05) is 47.6 Å². The van der Waals surface area contributed by atoms with Crippen molar-refractivity contribution in [2.75, 3.05) is 20.3 Å². The number of fused-ring (bicyclic) bond motifs is 1. The number of hydrogen-bond acceptors (Lipinski definition) is 6. The molecule has 9 heteroatoms. The van der Waals surface area contributed by atoms with Crippen molar-refractivity contribution in [1.82, 2.24) is 20.4 Å². The van der Waals surface area contributed by atoms with Crippen LogP contribution >= 0.6 is 0 Å². The third-order valence-corrected chi connectivity index (χ3v) is 9.46. The van der Waals surface area contributed by atoms with Crippen LogP contribution < -0.4 is 16.4 Å². The molecule has 1 heterocycles. The van der Waals surface area contributed by atoms with Crippen LogP contribution in [0.25, 0.3) is 10.9 Å². The SMILES string of the molecule is COCCCc1nn(C)c2ccc(C[C@@H](C[C@H](NC(=O)[C@@H](N)C(C)C)[C@@H](O)C[C@H](C(=O)NCC3CC3)C(C)C)C(C)C)cc12. The number of aliphatic hydroxyl groups is 1. The van der Waals surface area contributed by atoms with Gasteiger partial charge in [-0.15, -0.1) is 0 Å². The van der Waals surface area contributed by atoms with Crippen LogP contribution in [0, 0.1) is 35.5 Å². The van der Waals surface area contributed by atoms with E-state index in [4.69, 9.17) is 15.6 Å². The average Bonchev–Trinajstić information content (AvgIpc) is 3.75. The molecule has 5 N–H and O–H groups in total. The van der Waals surface area contributed by atoms with E-state index >= 15 is 0 Å². The van der Waals surface area contributed by atoms with Gasteiger partial charge in [-0.05, 0) is 92.2 Å². The van der Waals surface area contributed by atoms with E-state index < -0.39 is 18.2 Å². The van der Waals surface area contributed by atoms with Gasteiger partial charge in [0.05, 0.1) is 29.4 Å². The van der Waals surface area contributed by atoms with Crippen LogP contribution in [-0.2, 0) is 34.2 Å². The van der Waals surface area contributed by atoms with Crippen LogP contribution in [0.5, 0.6) is 0 Å². The Kier molecular flexibility index (Phi) is 13.7. The standard InChI is InChI=1S/C35H59N5O4/c1-21(2)26(16-25-13-14-31-28(17-25)29(39-40(31)7)10-9-15-44-8)18-30(38-35(43)33(36)23(5)6)32(41)19-27(22(3)4)34(42)37-20-24-11-12-24/h13-14,17,21-24,26-27,30,32-33,41H,9-12,15-16,18-20,36H2,1-8H3,(H,37,42)(H,38,43)/t26-,27-,30-,32-,33-/m0/s1. The molecule has 44 heavy (non-hydrogen) atoms. The Labute approximate surface area is 265 Å². The lowest BCUT2D eigenvalue weighted by Crippen LogP contribution is -2.53. The maximum absolute atomic E-state index is 13.2. The number of nitrogens with zero attached hydrogens (tertiary/aromatic N) is 2. The summed E-state index contributed by atoms with van der Waals surface area (Å²) in [6.07, 6.45) is 4.87. The highest BCUT2D eigenvalue weighted by molar-refractivity contribution is 5.83. The van der Waals surface area contributed by atoms with Crippen molar-refractivity contribution in [3.05, 3.63) is 29.5 Å². The second kappa shape index (κ2) is 16.7. The number of hydrogen-bond donors (Lipinski definition) is 4. The van der Waals surface area contributed by atoms with E-state index in [0.29, 0.717) is 31.4 Å². The van der Waals surface area contributed by atoms with E-state index in [1.54, 1.807) is 7.11 Å². The molecule has 1 saturated carbocycles. The lowest BCUT2D eigenvalue weighted by atomic mass is 9.80. The number of amides is 2. The van der Waals surface area contributed by atoms with Gasteiger partial charge < -0.3 is 26.2 Å². The monoisotopic (exact) mass is 613 g/mol. The summed E-state index contributed by atoms with van der Waals surface area (Å²) in [4.78, 5) is 26.3. The largest absolute Gasteiger partial charge is 0.391 e. The second-order valence-electron chi connectivity index (χ2n) is 14.2. The van der Waals surface area contributed by atoms with E-state index in [2.05, 4.69) is 42.7 Å². The second-order valence-corrected chi connectivity index (χ2v) is 14.2. The maximum Gasteiger partial charge on any atom is 0.237 e. The number of ether oxygens (including phenoxy) is 1. The molecule has 9 nitrogen and oxygen atoms in total. The first-order valence-electron chi connectivity index (χ1n) is 16.8. The van der Waals surface area contributed by atoms with Crippen molar-refractivity contribution < 1.29 is 19.4 Å². The van der Waals surface area contributed by atoms with Crippen LogP contribution in [0.4, 0.5) is 0 Å². The van der Waals surface area contributed by atoms with E-state index in [1.807, 2.05) is 39.4 Å². The van der Waals surface area contributed by atoms with Crippen molar-refractivity contribution in [2.24, 2.45) is 48.3 Å². The fourth-order valence-corrected chi connectivity index (χ4v) is 6.00. The normalized spacial score (nSPS) is 17.2. The molecule has 2 aromatic rings.